The normalized spacial score (nSPS) is 10.6. The van der Waals surface area contributed by atoms with Crippen LogP contribution < -0.4 is 15.4 Å². The average molecular weight is 420 g/mol. The number of nitrogens with one attached hydrogen (secondary N) is 2. The molecule has 0 saturated heterocycles. The van der Waals surface area contributed by atoms with Gasteiger partial charge in [-0.25, -0.2) is 4.39 Å². The molecule has 0 saturated carbocycles. The van der Waals surface area contributed by atoms with Crippen LogP contribution in [0, 0.1) is 11.7 Å². The van der Waals surface area contributed by atoms with E-state index in [9.17, 15) is 14.0 Å². The van der Waals surface area contributed by atoms with Gasteiger partial charge in [-0.15, -0.1) is 0 Å². The van der Waals surface area contributed by atoms with Crippen LogP contribution in [0.2, 0.25) is 0 Å². The van der Waals surface area contributed by atoms with Crippen LogP contribution in [-0.2, 0) is 0 Å². The quantitative estimate of drug-likeness (QED) is 0.487. The summed E-state index contributed by atoms with van der Waals surface area (Å²) in [5.41, 5.74) is 1.80. The predicted molar refractivity (Wildman–Crippen MR) is 120 cm³/mol. The molecule has 0 aliphatic heterocycles. The summed E-state index contributed by atoms with van der Waals surface area (Å²) >= 11 is 0. The van der Waals surface area contributed by atoms with E-state index in [0.29, 0.717) is 40.8 Å². The van der Waals surface area contributed by atoms with Gasteiger partial charge in [0.05, 0.1) is 6.61 Å². The first-order valence-electron chi connectivity index (χ1n) is 10.1. The lowest BCUT2D eigenvalue weighted by Crippen LogP contribution is -2.15. The Labute approximate surface area is 181 Å². The molecular formula is C25H25FN2O3. The third-order valence-corrected chi connectivity index (χ3v) is 4.54. The van der Waals surface area contributed by atoms with E-state index in [4.69, 9.17) is 4.74 Å². The highest BCUT2D eigenvalue weighted by Crippen LogP contribution is 2.18. The predicted octanol–water partition coefficient (Wildman–Crippen LogP) is 5.76. The van der Waals surface area contributed by atoms with Crippen LogP contribution in [0.1, 0.15) is 41.0 Å². The standard InChI is InChI=1S/C25H25FN2O3/c1-17(2)13-14-31-23-8-4-6-19(16-23)25(30)28-22-7-3-5-18(15-22)24(29)27-21-11-9-20(26)10-12-21/h3-12,15-17H,13-14H2,1-2H3,(H,27,29)(H,28,30). The van der Waals surface area contributed by atoms with Gasteiger partial charge in [-0.2, -0.15) is 0 Å². The van der Waals surface area contributed by atoms with Crippen LogP contribution in [0.4, 0.5) is 15.8 Å². The van der Waals surface area contributed by atoms with Crippen LogP contribution in [-0.4, -0.2) is 18.4 Å². The molecule has 5 nitrogen and oxygen atoms in total. The lowest BCUT2D eigenvalue weighted by Gasteiger charge is -2.11. The maximum Gasteiger partial charge on any atom is 0.255 e. The van der Waals surface area contributed by atoms with Crippen LogP contribution in [0.3, 0.4) is 0 Å². The topological polar surface area (TPSA) is 67.4 Å². The number of carbonyl (C=O) groups excluding carboxylic acids is 2. The molecule has 0 fully saturated rings. The molecule has 0 spiro atoms. The van der Waals surface area contributed by atoms with Crippen LogP contribution >= 0.6 is 0 Å². The van der Waals surface area contributed by atoms with E-state index in [-0.39, 0.29) is 17.6 Å². The zero-order valence-electron chi connectivity index (χ0n) is 17.5. The second-order valence-electron chi connectivity index (χ2n) is 7.55. The number of anilines is 2. The summed E-state index contributed by atoms with van der Waals surface area (Å²) in [4.78, 5) is 25.1. The number of benzene rings is 3. The van der Waals surface area contributed by atoms with Gasteiger partial charge in [0.15, 0.2) is 0 Å². The van der Waals surface area contributed by atoms with Crippen molar-refractivity contribution in [1.29, 1.82) is 0 Å². The fourth-order valence-corrected chi connectivity index (χ4v) is 2.82. The van der Waals surface area contributed by atoms with E-state index in [1.54, 1.807) is 42.5 Å². The first kappa shape index (κ1) is 22.0. The fraction of sp³-hybridized carbons (Fsp3) is 0.200. The Kier molecular flexibility index (Phi) is 7.38. The SMILES string of the molecule is CC(C)CCOc1cccc(C(=O)Nc2cccc(C(=O)Nc3ccc(F)cc3)c2)c1. The minimum absolute atomic E-state index is 0.301. The monoisotopic (exact) mass is 420 g/mol. The van der Waals surface area contributed by atoms with Gasteiger partial charge in [-0.05, 0) is 73.0 Å². The van der Waals surface area contributed by atoms with Crippen LogP contribution in [0.5, 0.6) is 5.75 Å². The summed E-state index contributed by atoms with van der Waals surface area (Å²) < 4.78 is 18.7. The van der Waals surface area contributed by atoms with Crippen molar-refractivity contribution in [2.75, 3.05) is 17.2 Å². The number of amides is 2. The number of ether oxygens (including phenoxy) is 1. The second kappa shape index (κ2) is 10.4. The zero-order valence-corrected chi connectivity index (χ0v) is 17.5. The number of carbonyl (C=O) groups is 2. The molecule has 3 aromatic carbocycles. The van der Waals surface area contributed by atoms with Gasteiger partial charge in [-0.3, -0.25) is 9.59 Å². The van der Waals surface area contributed by atoms with E-state index in [2.05, 4.69) is 24.5 Å². The highest BCUT2D eigenvalue weighted by Gasteiger charge is 2.11. The minimum atomic E-state index is -0.378. The Morgan fingerprint density at radius 3 is 2.13 bits per heavy atom. The van der Waals surface area contributed by atoms with E-state index < -0.39 is 0 Å². The molecule has 0 bridgehead atoms. The van der Waals surface area contributed by atoms with Crippen molar-refractivity contribution in [3.8, 4) is 5.75 Å². The van der Waals surface area contributed by atoms with Gasteiger partial charge in [0, 0.05) is 22.5 Å². The summed E-state index contributed by atoms with van der Waals surface area (Å²) in [7, 11) is 0. The molecule has 3 rings (SSSR count). The van der Waals surface area contributed by atoms with Gasteiger partial charge in [0.1, 0.15) is 11.6 Å². The van der Waals surface area contributed by atoms with Crippen molar-refractivity contribution in [1.82, 2.24) is 0 Å². The van der Waals surface area contributed by atoms with Crippen LogP contribution in [0.15, 0.2) is 72.8 Å². The Morgan fingerprint density at radius 1 is 0.839 bits per heavy atom. The summed E-state index contributed by atoms with van der Waals surface area (Å²) in [6.45, 7) is 4.84. The first-order valence-corrected chi connectivity index (χ1v) is 10.1. The number of hydrogen-bond donors (Lipinski definition) is 2. The molecule has 0 radical (unpaired) electrons. The zero-order chi connectivity index (χ0) is 22.2. The molecule has 0 heterocycles. The molecule has 0 atom stereocenters. The van der Waals surface area contributed by atoms with Gasteiger partial charge >= 0.3 is 0 Å². The average Bonchev–Trinajstić information content (AvgIpc) is 2.75. The molecule has 0 aliphatic carbocycles. The van der Waals surface area contributed by atoms with Gasteiger partial charge < -0.3 is 15.4 Å². The summed E-state index contributed by atoms with van der Waals surface area (Å²) in [5, 5.41) is 5.50. The molecule has 6 heteroatoms. The van der Waals surface area contributed by atoms with Gasteiger partial charge in [-0.1, -0.05) is 26.0 Å². The fourth-order valence-electron chi connectivity index (χ4n) is 2.82. The Hall–Kier alpha value is -3.67. The summed E-state index contributed by atoms with van der Waals surface area (Å²) in [6.07, 6.45) is 0.934. The molecule has 0 aliphatic rings. The van der Waals surface area contributed by atoms with Crippen molar-refractivity contribution in [3.05, 3.63) is 89.7 Å². The largest absolute Gasteiger partial charge is 0.494 e. The summed E-state index contributed by atoms with van der Waals surface area (Å²) in [5.74, 6) is 0.144. The van der Waals surface area contributed by atoms with E-state index in [1.807, 2.05) is 6.07 Å². The lowest BCUT2D eigenvalue weighted by molar-refractivity contribution is 0.101. The number of rotatable bonds is 8. The van der Waals surface area contributed by atoms with Crippen molar-refractivity contribution in [2.24, 2.45) is 5.92 Å². The Balaban J connectivity index is 1.64. The summed E-state index contributed by atoms with van der Waals surface area (Å²) in [6, 6.07) is 19.1. The second-order valence-corrected chi connectivity index (χ2v) is 7.55. The van der Waals surface area contributed by atoms with Crippen molar-refractivity contribution >= 4 is 23.2 Å². The minimum Gasteiger partial charge on any atom is -0.494 e. The van der Waals surface area contributed by atoms with E-state index >= 15 is 0 Å². The molecule has 160 valence electrons. The molecule has 0 unspecified atom stereocenters. The third-order valence-electron chi connectivity index (χ3n) is 4.54. The van der Waals surface area contributed by atoms with Crippen molar-refractivity contribution in [2.45, 2.75) is 20.3 Å². The molecule has 2 N–H and O–H groups in total. The van der Waals surface area contributed by atoms with Crippen LogP contribution in [0.25, 0.3) is 0 Å². The molecule has 3 aromatic rings. The third kappa shape index (κ3) is 6.67. The number of hydrogen-bond acceptors (Lipinski definition) is 3. The lowest BCUT2D eigenvalue weighted by atomic mass is 10.1. The molecule has 31 heavy (non-hydrogen) atoms. The number of halogens is 1. The van der Waals surface area contributed by atoms with Gasteiger partial charge in [0.2, 0.25) is 0 Å². The Morgan fingerprint density at radius 2 is 1.45 bits per heavy atom. The highest BCUT2D eigenvalue weighted by atomic mass is 19.1. The molecular weight excluding hydrogens is 395 g/mol. The maximum absolute atomic E-state index is 13.0. The maximum atomic E-state index is 13.0. The van der Waals surface area contributed by atoms with E-state index in [0.717, 1.165) is 6.42 Å². The molecule has 0 aromatic heterocycles. The first-order chi connectivity index (χ1) is 14.9. The van der Waals surface area contributed by atoms with Crippen molar-refractivity contribution in [3.63, 3.8) is 0 Å². The van der Waals surface area contributed by atoms with Gasteiger partial charge in [0.25, 0.3) is 11.8 Å². The molecule has 2 amide bonds. The Bertz CT molecular complexity index is 1050. The van der Waals surface area contributed by atoms with E-state index in [1.165, 1.54) is 24.3 Å². The smallest absolute Gasteiger partial charge is 0.255 e. The van der Waals surface area contributed by atoms with Crippen molar-refractivity contribution < 1.29 is 18.7 Å². The highest BCUT2D eigenvalue weighted by molar-refractivity contribution is 6.07.